The van der Waals surface area contributed by atoms with Gasteiger partial charge in [0.15, 0.2) is 6.29 Å². The molecule has 0 amide bonds. The van der Waals surface area contributed by atoms with Crippen LogP contribution in [-0.4, -0.2) is 21.5 Å². The van der Waals surface area contributed by atoms with E-state index in [9.17, 15) is 4.79 Å². The molecular formula is C15H11N3O2. The fourth-order valence-corrected chi connectivity index (χ4v) is 1.77. The topological polar surface area (TPSA) is 67.9 Å². The van der Waals surface area contributed by atoms with Gasteiger partial charge < -0.3 is 4.74 Å². The van der Waals surface area contributed by atoms with Crippen LogP contribution < -0.4 is 4.74 Å². The molecule has 5 heteroatoms. The Morgan fingerprint density at radius 1 is 1.10 bits per heavy atom. The molecule has 0 saturated heterocycles. The molecule has 0 fully saturated rings. The van der Waals surface area contributed by atoms with Gasteiger partial charge >= 0.3 is 0 Å². The van der Waals surface area contributed by atoms with Crippen molar-refractivity contribution in [3.05, 3.63) is 60.4 Å². The van der Waals surface area contributed by atoms with E-state index < -0.39 is 0 Å². The van der Waals surface area contributed by atoms with Crippen molar-refractivity contribution >= 4 is 6.29 Å². The molecule has 0 radical (unpaired) electrons. The number of aldehydes is 1. The van der Waals surface area contributed by atoms with Crippen LogP contribution in [0, 0.1) is 0 Å². The number of carbonyl (C=O) groups is 1. The monoisotopic (exact) mass is 265 g/mol. The fraction of sp³-hybridized carbons (Fsp3) is 0. The Hall–Kier alpha value is -2.95. The molecule has 1 N–H and O–H groups in total. The van der Waals surface area contributed by atoms with Gasteiger partial charge in [-0.05, 0) is 36.4 Å². The zero-order valence-electron chi connectivity index (χ0n) is 10.5. The Labute approximate surface area is 115 Å². The number of aromatic nitrogens is 3. The van der Waals surface area contributed by atoms with E-state index in [-0.39, 0.29) is 0 Å². The molecule has 98 valence electrons. The van der Waals surface area contributed by atoms with E-state index in [1.807, 2.05) is 36.4 Å². The van der Waals surface area contributed by atoms with Crippen LogP contribution in [-0.2, 0) is 0 Å². The molecule has 2 heterocycles. The second kappa shape index (κ2) is 5.36. The largest absolute Gasteiger partial charge is 0.439 e. The van der Waals surface area contributed by atoms with Crippen molar-refractivity contribution in [3.8, 4) is 22.9 Å². The van der Waals surface area contributed by atoms with Crippen molar-refractivity contribution in [2.24, 2.45) is 0 Å². The van der Waals surface area contributed by atoms with Gasteiger partial charge in [0, 0.05) is 17.8 Å². The van der Waals surface area contributed by atoms with E-state index in [0.717, 1.165) is 17.5 Å². The summed E-state index contributed by atoms with van der Waals surface area (Å²) in [5.74, 6) is 1.24. The quantitative estimate of drug-likeness (QED) is 0.736. The van der Waals surface area contributed by atoms with Crippen LogP contribution in [0.1, 0.15) is 10.5 Å². The smallest absolute Gasteiger partial charge is 0.219 e. The zero-order valence-corrected chi connectivity index (χ0v) is 10.5. The first-order chi connectivity index (χ1) is 9.85. The highest BCUT2D eigenvalue weighted by atomic mass is 16.5. The van der Waals surface area contributed by atoms with E-state index in [1.165, 1.54) is 0 Å². The van der Waals surface area contributed by atoms with Gasteiger partial charge in [0.1, 0.15) is 5.75 Å². The van der Waals surface area contributed by atoms with Crippen molar-refractivity contribution in [2.45, 2.75) is 0 Å². The van der Waals surface area contributed by atoms with Gasteiger partial charge in [-0.1, -0.05) is 6.07 Å². The first-order valence-corrected chi connectivity index (χ1v) is 6.05. The summed E-state index contributed by atoms with van der Waals surface area (Å²) in [6, 6.07) is 14.6. The molecule has 0 aliphatic carbocycles. The number of rotatable bonds is 4. The highest BCUT2D eigenvalue weighted by Gasteiger charge is 2.04. The Balaban J connectivity index is 1.79. The summed E-state index contributed by atoms with van der Waals surface area (Å²) in [5, 5.41) is 6.71. The molecule has 0 aliphatic heterocycles. The number of carbonyl (C=O) groups excluding carboxylic acids is 1. The molecule has 0 unspecified atom stereocenters. The molecule has 5 nitrogen and oxygen atoms in total. The van der Waals surface area contributed by atoms with Gasteiger partial charge in [-0.3, -0.25) is 9.89 Å². The first kappa shape index (κ1) is 12.1. The standard InChI is InChI=1S/C15H11N3O2/c19-10-12-9-14(18-17-12)11-4-6-13(7-5-11)20-15-3-1-2-8-16-15/h1-10H,(H,17,18). The summed E-state index contributed by atoms with van der Waals surface area (Å²) in [5.41, 5.74) is 2.08. The molecule has 0 bridgehead atoms. The van der Waals surface area contributed by atoms with E-state index >= 15 is 0 Å². The van der Waals surface area contributed by atoms with E-state index in [4.69, 9.17) is 4.74 Å². The minimum absolute atomic E-state index is 0.453. The minimum atomic E-state index is 0.453. The summed E-state index contributed by atoms with van der Waals surface area (Å²) >= 11 is 0. The Morgan fingerprint density at radius 2 is 1.95 bits per heavy atom. The number of hydrogen-bond acceptors (Lipinski definition) is 4. The van der Waals surface area contributed by atoms with Gasteiger partial charge in [-0.15, -0.1) is 0 Å². The van der Waals surface area contributed by atoms with Crippen LogP contribution in [0.3, 0.4) is 0 Å². The van der Waals surface area contributed by atoms with Gasteiger partial charge in [0.2, 0.25) is 5.88 Å². The lowest BCUT2D eigenvalue weighted by Gasteiger charge is -2.04. The molecule has 2 aromatic heterocycles. The summed E-state index contributed by atoms with van der Waals surface area (Å²) in [6.45, 7) is 0. The number of nitrogens with one attached hydrogen (secondary N) is 1. The average Bonchev–Trinajstić information content (AvgIpc) is 2.98. The summed E-state index contributed by atoms with van der Waals surface area (Å²) in [7, 11) is 0. The zero-order chi connectivity index (χ0) is 13.8. The van der Waals surface area contributed by atoms with Gasteiger partial charge in [-0.2, -0.15) is 5.10 Å². The molecule has 3 aromatic rings. The van der Waals surface area contributed by atoms with E-state index in [1.54, 1.807) is 18.3 Å². The maximum Gasteiger partial charge on any atom is 0.219 e. The fourth-order valence-electron chi connectivity index (χ4n) is 1.77. The third kappa shape index (κ3) is 2.56. The second-order valence-corrected chi connectivity index (χ2v) is 4.12. The Morgan fingerprint density at radius 3 is 2.60 bits per heavy atom. The number of H-pyrrole nitrogens is 1. The molecule has 0 atom stereocenters. The van der Waals surface area contributed by atoms with Crippen molar-refractivity contribution in [1.82, 2.24) is 15.2 Å². The number of ether oxygens (including phenoxy) is 1. The molecule has 1 aromatic carbocycles. The Kier molecular flexibility index (Phi) is 3.24. The maximum absolute atomic E-state index is 10.6. The van der Waals surface area contributed by atoms with Gasteiger partial charge in [0.25, 0.3) is 0 Å². The number of pyridine rings is 1. The van der Waals surface area contributed by atoms with Crippen molar-refractivity contribution in [3.63, 3.8) is 0 Å². The van der Waals surface area contributed by atoms with Crippen molar-refractivity contribution in [2.75, 3.05) is 0 Å². The predicted molar refractivity (Wildman–Crippen MR) is 73.7 cm³/mol. The first-order valence-electron chi connectivity index (χ1n) is 6.05. The van der Waals surface area contributed by atoms with Crippen LogP contribution in [0.2, 0.25) is 0 Å². The second-order valence-electron chi connectivity index (χ2n) is 4.12. The lowest BCUT2D eigenvalue weighted by atomic mass is 10.1. The summed E-state index contributed by atoms with van der Waals surface area (Å²) in [4.78, 5) is 14.7. The van der Waals surface area contributed by atoms with E-state index in [0.29, 0.717) is 17.3 Å². The summed E-state index contributed by atoms with van der Waals surface area (Å²) < 4.78 is 5.60. The molecule has 0 aliphatic rings. The number of benzene rings is 1. The molecule has 0 spiro atoms. The lowest BCUT2D eigenvalue weighted by Crippen LogP contribution is -1.86. The molecule has 20 heavy (non-hydrogen) atoms. The highest BCUT2D eigenvalue weighted by molar-refractivity contribution is 5.75. The van der Waals surface area contributed by atoms with E-state index in [2.05, 4.69) is 15.2 Å². The van der Waals surface area contributed by atoms with Crippen LogP contribution in [0.5, 0.6) is 11.6 Å². The molecule has 3 rings (SSSR count). The van der Waals surface area contributed by atoms with Crippen LogP contribution >= 0.6 is 0 Å². The third-order valence-corrected chi connectivity index (χ3v) is 2.73. The lowest BCUT2D eigenvalue weighted by molar-refractivity contribution is 0.111. The van der Waals surface area contributed by atoms with Crippen LogP contribution in [0.15, 0.2) is 54.7 Å². The predicted octanol–water partition coefficient (Wildman–Crippen LogP) is 3.08. The third-order valence-electron chi connectivity index (χ3n) is 2.73. The number of hydrogen-bond donors (Lipinski definition) is 1. The molecule has 0 saturated carbocycles. The number of nitrogens with zero attached hydrogens (tertiary/aromatic N) is 2. The van der Waals surface area contributed by atoms with Crippen molar-refractivity contribution in [1.29, 1.82) is 0 Å². The van der Waals surface area contributed by atoms with Gasteiger partial charge in [-0.25, -0.2) is 4.98 Å². The van der Waals surface area contributed by atoms with Gasteiger partial charge in [0.05, 0.1) is 11.4 Å². The van der Waals surface area contributed by atoms with Crippen LogP contribution in [0.25, 0.3) is 11.3 Å². The average molecular weight is 265 g/mol. The maximum atomic E-state index is 10.6. The number of aromatic amines is 1. The molecular weight excluding hydrogens is 254 g/mol. The Bertz CT molecular complexity index is 705. The minimum Gasteiger partial charge on any atom is -0.439 e. The van der Waals surface area contributed by atoms with Crippen molar-refractivity contribution < 1.29 is 9.53 Å². The summed E-state index contributed by atoms with van der Waals surface area (Å²) in [6.07, 6.45) is 2.41. The SMILES string of the molecule is O=Cc1cc(-c2ccc(Oc3ccccn3)cc2)n[nH]1. The normalized spacial score (nSPS) is 10.2. The van der Waals surface area contributed by atoms with Crippen LogP contribution in [0.4, 0.5) is 0 Å². The highest BCUT2D eigenvalue weighted by Crippen LogP contribution is 2.23.